The Bertz CT molecular complexity index is 582. The van der Waals surface area contributed by atoms with Crippen LogP contribution in [0.15, 0.2) is 36.8 Å². The second-order valence-electron chi connectivity index (χ2n) is 4.24. The van der Waals surface area contributed by atoms with Crippen LogP contribution in [0.4, 0.5) is 14.5 Å². The van der Waals surface area contributed by atoms with Crippen LogP contribution in [0.25, 0.3) is 0 Å². The van der Waals surface area contributed by atoms with Crippen molar-refractivity contribution in [3.05, 3.63) is 42.5 Å². The zero-order valence-electron chi connectivity index (χ0n) is 11.6. The fourth-order valence-corrected chi connectivity index (χ4v) is 1.79. The summed E-state index contributed by atoms with van der Waals surface area (Å²) in [5.41, 5.74) is 1.08. The van der Waals surface area contributed by atoms with Crippen molar-refractivity contribution in [2.24, 2.45) is 0 Å². The quantitative estimate of drug-likeness (QED) is 0.886. The Morgan fingerprint density at radius 3 is 2.67 bits per heavy atom. The van der Waals surface area contributed by atoms with Crippen molar-refractivity contribution < 1.29 is 18.3 Å². The van der Waals surface area contributed by atoms with Crippen LogP contribution in [0.5, 0.6) is 11.5 Å². The van der Waals surface area contributed by atoms with Gasteiger partial charge in [0.25, 0.3) is 0 Å². The molecule has 0 saturated carbocycles. The monoisotopic (exact) mass is 295 g/mol. The van der Waals surface area contributed by atoms with Gasteiger partial charge in [0, 0.05) is 18.5 Å². The average Bonchev–Trinajstić information content (AvgIpc) is 2.49. The van der Waals surface area contributed by atoms with Crippen molar-refractivity contribution in [2.45, 2.75) is 19.6 Å². The van der Waals surface area contributed by atoms with Crippen LogP contribution >= 0.6 is 0 Å². The Balaban J connectivity index is 2.24. The number of alkyl halides is 2. The molecule has 0 amide bonds. The molecule has 0 aliphatic heterocycles. The van der Waals surface area contributed by atoms with E-state index in [1.165, 1.54) is 13.2 Å². The summed E-state index contributed by atoms with van der Waals surface area (Å²) >= 11 is 0. The topological polar surface area (TPSA) is 56.3 Å². The summed E-state index contributed by atoms with van der Waals surface area (Å²) in [5.74, 6) is 0.576. The van der Waals surface area contributed by atoms with Crippen LogP contribution in [0.2, 0.25) is 0 Å². The van der Waals surface area contributed by atoms with Gasteiger partial charge in [0.2, 0.25) is 0 Å². The Kier molecular flexibility index (Phi) is 4.86. The van der Waals surface area contributed by atoms with Gasteiger partial charge < -0.3 is 14.8 Å². The average molecular weight is 295 g/mol. The van der Waals surface area contributed by atoms with Gasteiger partial charge in [-0.25, -0.2) is 0 Å². The van der Waals surface area contributed by atoms with E-state index < -0.39 is 6.61 Å². The highest BCUT2D eigenvalue weighted by Crippen LogP contribution is 2.32. The normalized spacial score (nSPS) is 12.0. The molecule has 1 N–H and O–H groups in total. The van der Waals surface area contributed by atoms with E-state index in [2.05, 4.69) is 20.0 Å². The molecule has 0 spiro atoms. The summed E-state index contributed by atoms with van der Waals surface area (Å²) in [6, 6.07) is 4.34. The molecule has 1 unspecified atom stereocenters. The molecule has 112 valence electrons. The minimum absolute atomic E-state index is 0.0431. The molecule has 1 aromatic carbocycles. The second kappa shape index (κ2) is 6.83. The van der Waals surface area contributed by atoms with Gasteiger partial charge in [-0.3, -0.25) is 9.97 Å². The molecule has 0 aliphatic carbocycles. The van der Waals surface area contributed by atoms with Crippen LogP contribution in [-0.4, -0.2) is 23.7 Å². The number of halogens is 2. The van der Waals surface area contributed by atoms with Crippen molar-refractivity contribution >= 4 is 5.69 Å². The van der Waals surface area contributed by atoms with E-state index in [-0.39, 0.29) is 11.8 Å². The lowest BCUT2D eigenvalue weighted by Gasteiger charge is -2.18. The van der Waals surface area contributed by atoms with Gasteiger partial charge in [-0.2, -0.15) is 8.78 Å². The summed E-state index contributed by atoms with van der Waals surface area (Å²) in [6.07, 6.45) is 4.73. The van der Waals surface area contributed by atoms with Crippen molar-refractivity contribution in [1.82, 2.24) is 9.97 Å². The molecule has 1 heterocycles. The summed E-state index contributed by atoms with van der Waals surface area (Å²) < 4.78 is 34.5. The third-order valence-electron chi connectivity index (χ3n) is 2.80. The standard InChI is InChI=1S/C14H15F2N3O2/c1-9(12-8-17-5-6-18-12)19-11-7-10(20-2)3-4-13(11)21-14(15)16/h3-9,14,19H,1-2H3. The van der Waals surface area contributed by atoms with E-state index in [0.29, 0.717) is 17.1 Å². The molecule has 1 aromatic heterocycles. The molecule has 2 aromatic rings. The van der Waals surface area contributed by atoms with Crippen molar-refractivity contribution in [3.63, 3.8) is 0 Å². The van der Waals surface area contributed by atoms with E-state index in [1.54, 1.807) is 30.7 Å². The van der Waals surface area contributed by atoms with E-state index >= 15 is 0 Å². The summed E-state index contributed by atoms with van der Waals surface area (Å²) in [6.45, 7) is -1.05. The first-order valence-electron chi connectivity index (χ1n) is 6.25. The lowest BCUT2D eigenvalue weighted by molar-refractivity contribution is -0.0494. The number of anilines is 1. The van der Waals surface area contributed by atoms with Gasteiger partial charge in [-0.1, -0.05) is 0 Å². The highest BCUT2D eigenvalue weighted by molar-refractivity contribution is 5.60. The van der Waals surface area contributed by atoms with Crippen molar-refractivity contribution in [3.8, 4) is 11.5 Å². The molecule has 0 fully saturated rings. The molecule has 0 saturated heterocycles. The van der Waals surface area contributed by atoms with Gasteiger partial charge >= 0.3 is 6.61 Å². The number of methoxy groups -OCH3 is 1. The molecule has 0 aliphatic rings. The lowest BCUT2D eigenvalue weighted by Crippen LogP contribution is -2.11. The predicted octanol–water partition coefficient (Wildman–Crippen LogP) is 3.26. The van der Waals surface area contributed by atoms with Gasteiger partial charge in [0.15, 0.2) is 0 Å². The number of nitrogens with one attached hydrogen (secondary N) is 1. The summed E-state index contributed by atoms with van der Waals surface area (Å²) in [5, 5.41) is 3.07. The van der Waals surface area contributed by atoms with E-state index in [4.69, 9.17) is 4.74 Å². The summed E-state index contributed by atoms with van der Waals surface area (Å²) in [4.78, 5) is 8.14. The minimum Gasteiger partial charge on any atom is -0.497 e. The molecular formula is C14H15F2N3O2. The Morgan fingerprint density at radius 2 is 2.05 bits per heavy atom. The Labute approximate surface area is 120 Å². The molecule has 2 rings (SSSR count). The largest absolute Gasteiger partial charge is 0.497 e. The highest BCUT2D eigenvalue weighted by atomic mass is 19.3. The molecule has 0 bridgehead atoms. The number of hydrogen-bond acceptors (Lipinski definition) is 5. The molecule has 5 nitrogen and oxygen atoms in total. The zero-order chi connectivity index (χ0) is 15.2. The number of aromatic nitrogens is 2. The van der Waals surface area contributed by atoms with Crippen LogP contribution in [-0.2, 0) is 0 Å². The van der Waals surface area contributed by atoms with Crippen LogP contribution < -0.4 is 14.8 Å². The van der Waals surface area contributed by atoms with Crippen LogP contribution in [0.3, 0.4) is 0 Å². The molecule has 7 heteroatoms. The Hall–Kier alpha value is -2.44. The Morgan fingerprint density at radius 1 is 1.24 bits per heavy atom. The number of nitrogens with zero attached hydrogens (tertiary/aromatic N) is 2. The first-order valence-corrected chi connectivity index (χ1v) is 6.25. The highest BCUT2D eigenvalue weighted by Gasteiger charge is 2.14. The smallest absolute Gasteiger partial charge is 0.387 e. The van der Waals surface area contributed by atoms with Crippen molar-refractivity contribution in [2.75, 3.05) is 12.4 Å². The van der Waals surface area contributed by atoms with E-state index in [0.717, 1.165) is 0 Å². The summed E-state index contributed by atoms with van der Waals surface area (Å²) in [7, 11) is 1.50. The first kappa shape index (κ1) is 15.0. The van der Waals surface area contributed by atoms with Crippen molar-refractivity contribution in [1.29, 1.82) is 0 Å². The third kappa shape index (κ3) is 4.01. The number of rotatable bonds is 6. The fraction of sp³-hybridized carbons (Fsp3) is 0.286. The minimum atomic E-state index is -2.90. The molecule has 1 atom stereocenters. The lowest BCUT2D eigenvalue weighted by atomic mass is 10.2. The molecule has 21 heavy (non-hydrogen) atoms. The van der Waals surface area contributed by atoms with Gasteiger partial charge in [0.1, 0.15) is 11.5 Å². The van der Waals surface area contributed by atoms with E-state index in [1.807, 2.05) is 6.92 Å². The van der Waals surface area contributed by atoms with E-state index in [9.17, 15) is 8.78 Å². The first-order chi connectivity index (χ1) is 10.1. The van der Waals surface area contributed by atoms with Crippen LogP contribution in [0.1, 0.15) is 18.7 Å². The predicted molar refractivity (Wildman–Crippen MR) is 73.7 cm³/mol. The zero-order valence-corrected chi connectivity index (χ0v) is 11.6. The maximum absolute atomic E-state index is 12.4. The van der Waals surface area contributed by atoms with Crippen LogP contribution in [0, 0.1) is 0 Å². The van der Waals surface area contributed by atoms with Gasteiger partial charge in [-0.15, -0.1) is 0 Å². The molecular weight excluding hydrogens is 280 g/mol. The maximum atomic E-state index is 12.4. The SMILES string of the molecule is COc1ccc(OC(F)F)c(NC(C)c2cnccn2)c1. The number of hydrogen-bond donors (Lipinski definition) is 1. The number of ether oxygens (including phenoxy) is 2. The molecule has 0 radical (unpaired) electrons. The fourth-order valence-electron chi connectivity index (χ4n) is 1.79. The second-order valence-corrected chi connectivity index (χ2v) is 4.24. The van der Waals surface area contributed by atoms with Gasteiger partial charge in [-0.05, 0) is 19.1 Å². The maximum Gasteiger partial charge on any atom is 0.387 e. The third-order valence-corrected chi connectivity index (χ3v) is 2.80. The van der Waals surface area contributed by atoms with Gasteiger partial charge in [0.05, 0.1) is 30.7 Å². The number of benzene rings is 1.